The number of likely N-dealkylation sites (N-methyl/N-ethyl adjacent to an activating group) is 1. The van der Waals surface area contributed by atoms with E-state index < -0.39 is 26.6 Å². The monoisotopic (exact) mass is 797 g/mol. The molecule has 0 fully saturated rings. The predicted octanol–water partition coefficient (Wildman–Crippen LogP) is 12.1. The predicted molar refractivity (Wildman–Crippen MR) is 233 cm³/mol. The fourth-order valence-corrected chi connectivity index (χ4v) is 7.11. The van der Waals surface area contributed by atoms with Crippen LogP contribution in [-0.4, -0.2) is 68.5 Å². The van der Waals surface area contributed by atoms with Crippen LogP contribution >= 0.6 is 7.82 Å². The maximum atomic E-state index is 12.8. The number of carbonyl (C=O) groups is 1. The number of allylic oxidation sites excluding steroid dienone is 5. The second kappa shape index (κ2) is 38.2. The van der Waals surface area contributed by atoms with E-state index in [1.165, 1.54) is 122 Å². The van der Waals surface area contributed by atoms with Crippen molar-refractivity contribution in [3.8, 4) is 0 Å². The van der Waals surface area contributed by atoms with Gasteiger partial charge in [-0.3, -0.25) is 9.36 Å². The van der Waals surface area contributed by atoms with E-state index in [2.05, 4.69) is 43.5 Å². The second-order valence-corrected chi connectivity index (χ2v) is 18.2. The molecule has 0 aromatic heterocycles. The number of quaternary nitrogens is 1. The molecule has 0 bridgehead atoms. The lowest BCUT2D eigenvalue weighted by Gasteiger charge is -2.29. The van der Waals surface area contributed by atoms with Gasteiger partial charge in [0.05, 0.1) is 39.9 Å². The largest absolute Gasteiger partial charge is 0.756 e. The molecule has 0 aliphatic heterocycles. The molecule has 0 aliphatic rings. The molecule has 1 amide bonds. The number of nitrogens with one attached hydrogen (secondary N) is 1. The van der Waals surface area contributed by atoms with Crippen LogP contribution in [0.25, 0.3) is 0 Å². The molecular formula is C46H89N2O6P. The minimum atomic E-state index is -4.59. The molecule has 324 valence electrons. The van der Waals surface area contributed by atoms with Crippen molar-refractivity contribution in [3.05, 3.63) is 36.5 Å². The first kappa shape index (κ1) is 53.7. The molecule has 0 rings (SSSR count). The first-order chi connectivity index (χ1) is 26.5. The Kier molecular flexibility index (Phi) is 37.4. The van der Waals surface area contributed by atoms with Gasteiger partial charge in [0.15, 0.2) is 0 Å². The molecule has 0 radical (unpaired) electrons. The maximum absolute atomic E-state index is 12.8. The Hall–Kier alpha value is -1.28. The Labute approximate surface area is 340 Å². The zero-order chi connectivity index (χ0) is 40.7. The van der Waals surface area contributed by atoms with Crippen molar-refractivity contribution in [1.82, 2.24) is 5.32 Å². The molecule has 0 saturated carbocycles. The SMILES string of the molecule is CCCC/C=C\CCCCCCC(=O)NC(COP(=O)([O-])OCC[N+](C)(C)C)C(O)/C=C/CC/C=C/CCCCCCCCCCCCCCCCCCC. The topological polar surface area (TPSA) is 108 Å². The van der Waals surface area contributed by atoms with Crippen LogP contribution in [0.5, 0.6) is 0 Å². The second-order valence-electron chi connectivity index (χ2n) is 16.7. The van der Waals surface area contributed by atoms with Gasteiger partial charge >= 0.3 is 0 Å². The third-order valence-electron chi connectivity index (χ3n) is 10.1. The number of hydrogen-bond acceptors (Lipinski definition) is 6. The summed E-state index contributed by atoms with van der Waals surface area (Å²) in [5, 5.41) is 13.7. The van der Waals surface area contributed by atoms with E-state index in [1.54, 1.807) is 6.08 Å². The summed E-state index contributed by atoms with van der Waals surface area (Å²) >= 11 is 0. The van der Waals surface area contributed by atoms with Crippen LogP contribution in [0.15, 0.2) is 36.5 Å². The molecule has 0 aliphatic carbocycles. The van der Waals surface area contributed by atoms with Gasteiger partial charge in [-0.15, -0.1) is 0 Å². The van der Waals surface area contributed by atoms with Gasteiger partial charge in [-0.25, -0.2) is 0 Å². The lowest BCUT2D eigenvalue weighted by Crippen LogP contribution is -2.45. The quantitative estimate of drug-likeness (QED) is 0.0276. The van der Waals surface area contributed by atoms with Crippen molar-refractivity contribution in [1.29, 1.82) is 0 Å². The zero-order valence-electron chi connectivity index (χ0n) is 36.6. The number of hydrogen-bond donors (Lipinski definition) is 2. The Balaban J connectivity index is 4.34. The molecule has 0 aromatic carbocycles. The van der Waals surface area contributed by atoms with E-state index in [4.69, 9.17) is 9.05 Å². The number of aliphatic hydroxyl groups is 1. The molecule has 3 atom stereocenters. The van der Waals surface area contributed by atoms with Gasteiger partial charge in [0, 0.05) is 6.42 Å². The van der Waals surface area contributed by atoms with Crippen LogP contribution in [0.2, 0.25) is 0 Å². The lowest BCUT2D eigenvalue weighted by molar-refractivity contribution is -0.870. The van der Waals surface area contributed by atoms with Crippen molar-refractivity contribution >= 4 is 13.7 Å². The van der Waals surface area contributed by atoms with Crippen molar-refractivity contribution in [2.75, 3.05) is 40.9 Å². The van der Waals surface area contributed by atoms with Gasteiger partial charge in [0.2, 0.25) is 5.91 Å². The third-order valence-corrected chi connectivity index (χ3v) is 11.0. The Bertz CT molecular complexity index is 995. The van der Waals surface area contributed by atoms with Crippen LogP contribution < -0.4 is 10.2 Å². The first-order valence-corrected chi connectivity index (χ1v) is 24.3. The van der Waals surface area contributed by atoms with Crippen molar-refractivity contribution in [3.63, 3.8) is 0 Å². The third kappa shape index (κ3) is 40.7. The summed E-state index contributed by atoms with van der Waals surface area (Å²) in [7, 11) is 1.23. The van der Waals surface area contributed by atoms with Crippen LogP contribution in [0, 0.1) is 0 Å². The normalized spacial score (nSPS) is 14.7. The van der Waals surface area contributed by atoms with E-state index in [-0.39, 0.29) is 12.5 Å². The summed E-state index contributed by atoms with van der Waals surface area (Å²) in [6.07, 6.45) is 46.4. The lowest BCUT2D eigenvalue weighted by atomic mass is 10.0. The van der Waals surface area contributed by atoms with Gasteiger partial charge in [-0.05, 0) is 51.4 Å². The van der Waals surface area contributed by atoms with Crippen molar-refractivity contribution < 1.29 is 32.9 Å². The van der Waals surface area contributed by atoms with Crippen LogP contribution in [-0.2, 0) is 18.4 Å². The molecule has 0 aromatic rings. The number of aliphatic hydroxyl groups excluding tert-OH is 1. The minimum Gasteiger partial charge on any atom is -0.756 e. The number of amides is 1. The number of nitrogens with zero attached hydrogens (tertiary/aromatic N) is 1. The first-order valence-electron chi connectivity index (χ1n) is 22.9. The highest BCUT2D eigenvalue weighted by Gasteiger charge is 2.23. The van der Waals surface area contributed by atoms with E-state index in [0.717, 1.165) is 57.8 Å². The number of carbonyl (C=O) groups excluding carboxylic acids is 1. The molecule has 9 heteroatoms. The number of phosphoric ester groups is 1. The Morgan fingerprint density at radius 1 is 0.618 bits per heavy atom. The van der Waals surface area contributed by atoms with Crippen LogP contribution in [0.4, 0.5) is 0 Å². The van der Waals surface area contributed by atoms with Gasteiger partial charge < -0.3 is 28.8 Å². The summed E-state index contributed by atoms with van der Waals surface area (Å²) in [5.74, 6) is -0.223. The molecule has 0 heterocycles. The van der Waals surface area contributed by atoms with Gasteiger partial charge in [-0.2, -0.15) is 0 Å². The van der Waals surface area contributed by atoms with E-state index >= 15 is 0 Å². The van der Waals surface area contributed by atoms with E-state index in [9.17, 15) is 19.4 Å². The number of unbranched alkanes of at least 4 members (excludes halogenated alkanes) is 24. The van der Waals surface area contributed by atoms with Crippen LogP contribution in [0.1, 0.15) is 200 Å². The highest BCUT2D eigenvalue weighted by molar-refractivity contribution is 7.45. The molecule has 0 spiro atoms. The molecule has 2 N–H and O–H groups in total. The van der Waals surface area contributed by atoms with Crippen molar-refractivity contribution in [2.24, 2.45) is 0 Å². The average molecular weight is 797 g/mol. The summed E-state index contributed by atoms with van der Waals surface area (Å²) in [6.45, 7) is 4.57. The van der Waals surface area contributed by atoms with E-state index in [1.807, 2.05) is 27.2 Å². The number of phosphoric acid groups is 1. The number of rotatable bonds is 41. The van der Waals surface area contributed by atoms with Gasteiger partial charge in [0.25, 0.3) is 7.82 Å². The van der Waals surface area contributed by atoms with Crippen LogP contribution in [0.3, 0.4) is 0 Å². The smallest absolute Gasteiger partial charge is 0.268 e. The highest BCUT2D eigenvalue weighted by Crippen LogP contribution is 2.38. The molecule has 8 nitrogen and oxygen atoms in total. The summed E-state index contributed by atoms with van der Waals surface area (Å²) < 4.78 is 23.1. The molecule has 3 unspecified atom stereocenters. The molecule has 55 heavy (non-hydrogen) atoms. The maximum Gasteiger partial charge on any atom is 0.268 e. The Morgan fingerprint density at radius 3 is 1.53 bits per heavy atom. The summed E-state index contributed by atoms with van der Waals surface area (Å²) in [6, 6.07) is -0.906. The fourth-order valence-electron chi connectivity index (χ4n) is 6.38. The van der Waals surface area contributed by atoms with E-state index in [0.29, 0.717) is 17.4 Å². The van der Waals surface area contributed by atoms with Gasteiger partial charge in [-0.1, -0.05) is 179 Å². The summed E-state index contributed by atoms with van der Waals surface area (Å²) in [5.41, 5.74) is 0. The molecule has 0 saturated heterocycles. The molecular weight excluding hydrogens is 707 g/mol. The average Bonchev–Trinajstić information content (AvgIpc) is 3.13. The summed E-state index contributed by atoms with van der Waals surface area (Å²) in [4.78, 5) is 25.2. The highest BCUT2D eigenvalue weighted by atomic mass is 31.2. The minimum absolute atomic E-state index is 0.00861. The Morgan fingerprint density at radius 2 is 1.04 bits per heavy atom. The standard InChI is InChI=1S/C46H89N2O6P/c1-6-8-10-12-14-16-18-19-20-21-22-23-24-25-26-27-28-29-30-31-33-35-37-39-45(49)44(43-54-55(51,52)53-42-41-48(3,4)5)47-46(50)40-38-36-34-32-17-15-13-11-9-7-2/h13,15,30-31,37,39,44-45,49H,6-12,14,16-29,32-36,38,40-43H2,1-5H3,(H-,47,50,51,52)/b15-13-,31-30+,39-37+. The zero-order valence-corrected chi connectivity index (χ0v) is 37.5. The fraction of sp³-hybridized carbons (Fsp3) is 0.848. The van der Waals surface area contributed by atoms with Gasteiger partial charge in [0.1, 0.15) is 13.2 Å². The van der Waals surface area contributed by atoms with Crippen molar-refractivity contribution in [2.45, 2.75) is 212 Å².